The van der Waals surface area contributed by atoms with Crippen LogP contribution in [0.1, 0.15) is 21.9 Å². The second-order valence-electron chi connectivity index (χ2n) is 7.48. The van der Waals surface area contributed by atoms with Crippen LogP contribution in [0.5, 0.6) is 0 Å². The minimum absolute atomic E-state index is 0.0408. The van der Waals surface area contributed by atoms with Crippen LogP contribution in [0.15, 0.2) is 65.1 Å². The molecule has 6 nitrogen and oxygen atoms in total. The summed E-state index contributed by atoms with van der Waals surface area (Å²) in [6, 6.07) is 19.5. The zero-order valence-corrected chi connectivity index (χ0v) is 17.2. The second-order valence-corrected chi connectivity index (χ2v) is 7.48. The first-order valence-electron chi connectivity index (χ1n) is 10.1. The standard InChI is InChI=1S/C24H25N3O3/c1-17-16-22(18(2)30-17)23(28)26-12-14-27(15-13-26)24(29)25-21-10-8-20(9-11-21)19-6-4-3-5-7-19/h3-11,16H,12-15H2,1-2H3,(H,25,29). The Labute approximate surface area is 176 Å². The molecule has 1 aliphatic heterocycles. The number of nitrogens with zero attached hydrogens (tertiary/aromatic N) is 2. The van der Waals surface area contributed by atoms with Crippen LogP contribution in [0.3, 0.4) is 0 Å². The van der Waals surface area contributed by atoms with E-state index in [1.54, 1.807) is 22.8 Å². The molecule has 2 heterocycles. The van der Waals surface area contributed by atoms with E-state index >= 15 is 0 Å². The van der Waals surface area contributed by atoms with Crippen molar-refractivity contribution in [2.45, 2.75) is 13.8 Å². The van der Waals surface area contributed by atoms with Gasteiger partial charge in [0.05, 0.1) is 5.56 Å². The highest BCUT2D eigenvalue weighted by molar-refractivity contribution is 5.95. The number of hydrogen-bond acceptors (Lipinski definition) is 3. The fraction of sp³-hybridized carbons (Fsp3) is 0.250. The minimum atomic E-state index is -0.148. The Morgan fingerprint density at radius 1 is 0.833 bits per heavy atom. The summed E-state index contributed by atoms with van der Waals surface area (Å²) >= 11 is 0. The number of aryl methyl sites for hydroxylation is 2. The molecule has 0 saturated carbocycles. The molecule has 0 radical (unpaired) electrons. The Balaban J connectivity index is 1.32. The summed E-state index contributed by atoms with van der Waals surface area (Å²) in [6.07, 6.45) is 0. The van der Waals surface area contributed by atoms with E-state index in [9.17, 15) is 9.59 Å². The molecule has 0 unspecified atom stereocenters. The van der Waals surface area contributed by atoms with Gasteiger partial charge in [-0.3, -0.25) is 4.79 Å². The highest BCUT2D eigenvalue weighted by Gasteiger charge is 2.26. The van der Waals surface area contributed by atoms with Crippen molar-refractivity contribution in [1.82, 2.24) is 9.80 Å². The van der Waals surface area contributed by atoms with Gasteiger partial charge in [-0.15, -0.1) is 0 Å². The quantitative estimate of drug-likeness (QED) is 0.698. The van der Waals surface area contributed by atoms with E-state index in [1.165, 1.54) is 0 Å². The lowest BCUT2D eigenvalue weighted by molar-refractivity contribution is 0.0670. The lowest BCUT2D eigenvalue weighted by atomic mass is 10.1. The normalized spacial score (nSPS) is 13.9. The van der Waals surface area contributed by atoms with Crippen molar-refractivity contribution in [3.8, 4) is 11.1 Å². The van der Waals surface area contributed by atoms with Crippen molar-refractivity contribution in [1.29, 1.82) is 0 Å². The number of carbonyl (C=O) groups excluding carboxylic acids is 2. The zero-order chi connectivity index (χ0) is 21.1. The van der Waals surface area contributed by atoms with E-state index in [2.05, 4.69) is 17.4 Å². The summed E-state index contributed by atoms with van der Waals surface area (Å²) in [7, 11) is 0. The molecule has 154 valence electrons. The average molecular weight is 403 g/mol. The van der Waals surface area contributed by atoms with Crippen LogP contribution in [-0.4, -0.2) is 47.9 Å². The third-order valence-corrected chi connectivity index (χ3v) is 5.37. The molecular weight excluding hydrogens is 378 g/mol. The van der Waals surface area contributed by atoms with Crippen LogP contribution in [0.25, 0.3) is 11.1 Å². The monoisotopic (exact) mass is 403 g/mol. The molecule has 0 aliphatic carbocycles. The number of urea groups is 1. The van der Waals surface area contributed by atoms with Crippen molar-refractivity contribution in [3.05, 3.63) is 77.7 Å². The number of rotatable bonds is 3. The minimum Gasteiger partial charge on any atom is -0.466 e. The van der Waals surface area contributed by atoms with Crippen LogP contribution in [0.2, 0.25) is 0 Å². The number of amides is 3. The summed E-state index contributed by atoms with van der Waals surface area (Å²) in [5.41, 5.74) is 3.59. The molecule has 30 heavy (non-hydrogen) atoms. The molecule has 3 aromatic rings. The summed E-state index contributed by atoms with van der Waals surface area (Å²) < 4.78 is 5.47. The Morgan fingerprint density at radius 2 is 1.43 bits per heavy atom. The van der Waals surface area contributed by atoms with Gasteiger partial charge < -0.3 is 19.5 Å². The first-order valence-corrected chi connectivity index (χ1v) is 10.1. The highest BCUT2D eigenvalue weighted by atomic mass is 16.3. The van der Waals surface area contributed by atoms with E-state index in [0.717, 1.165) is 22.6 Å². The van der Waals surface area contributed by atoms with Crippen molar-refractivity contribution in [2.75, 3.05) is 31.5 Å². The average Bonchev–Trinajstić information content (AvgIpc) is 3.12. The summed E-state index contributed by atoms with van der Waals surface area (Å²) in [4.78, 5) is 28.8. The van der Waals surface area contributed by atoms with Gasteiger partial charge in [0.25, 0.3) is 5.91 Å². The van der Waals surface area contributed by atoms with E-state index in [-0.39, 0.29) is 11.9 Å². The maximum absolute atomic E-state index is 12.7. The lowest BCUT2D eigenvalue weighted by Gasteiger charge is -2.34. The summed E-state index contributed by atoms with van der Waals surface area (Å²) in [5.74, 6) is 1.32. The van der Waals surface area contributed by atoms with Gasteiger partial charge in [0.2, 0.25) is 0 Å². The van der Waals surface area contributed by atoms with Gasteiger partial charge in [0.1, 0.15) is 11.5 Å². The van der Waals surface area contributed by atoms with Gasteiger partial charge >= 0.3 is 6.03 Å². The topological polar surface area (TPSA) is 65.8 Å². The number of furan rings is 1. The first kappa shape index (κ1) is 19.8. The van der Waals surface area contributed by atoms with Gasteiger partial charge in [0, 0.05) is 31.9 Å². The molecule has 4 rings (SSSR count). The molecule has 1 fully saturated rings. The fourth-order valence-electron chi connectivity index (χ4n) is 3.71. The largest absolute Gasteiger partial charge is 0.466 e. The Hall–Kier alpha value is -3.54. The first-order chi connectivity index (χ1) is 14.5. The Morgan fingerprint density at radius 3 is 2.03 bits per heavy atom. The van der Waals surface area contributed by atoms with Crippen LogP contribution in [0, 0.1) is 13.8 Å². The van der Waals surface area contributed by atoms with Crippen LogP contribution in [0.4, 0.5) is 10.5 Å². The Kier molecular flexibility index (Phi) is 5.57. The molecule has 1 aromatic heterocycles. The molecule has 6 heteroatoms. The smallest absolute Gasteiger partial charge is 0.321 e. The molecule has 1 aliphatic rings. The van der Waals surface area contributed by atoms with E-state index in [1.807, 2.05) is 49.4 Å². The molecule has 0 atom stereocenters. The van der Waals surface area contributed by atoms with Crippen LogP contribution in [-0.2, 0) is 0 Å². The number of anilines is 1. The number of nitrogens with one attached hydrogen (secondary N) is 1. The van der Waals surface area contributed by atoms with Gasteiger partial charge in [0.15, 0.2) is 0 Å². The van der Waals surface area contributed by atoms with Gasteiger partial charge in [-0.2, -0.15) is 0 Å². The molecule has 1 N–H and O–H groups in total. The third kappa shape index (κ3) is 4.22. The third-order valence-electron chi connectivity index (χ3n) is 5.37. The van der Waals surface area contributed by atoms with Gasteiger partial charge in [-0.25, -0.2) is 4.79 Å². The second kappa shape index (κ2) is 8.45. The van der Waals surface area contributed by atoms with E-state index in [4.69, 9.17) is 4.42 Å². The predicted octanol–water partition coefficient (Wildman–Crippen LogP) is 4.55. The molecule has 1 saturated heterocycles. The summed E-state index contributed by atoms with van der Waals surface area (Å²) in [5, 5.41) is 2.95. The highest BCUT2D eigenvalue weighted by Crippen LogP contribution is 2.21. The summed E-state index contributed by atoms with van der Waals surface area (Å²) in [6.45, 7) is 5.63. The Bertz CT molecular complexity index is 1030. The fourth-order valence-corrected chi connectivity index (χ4v) is 3.71. The van der Waals surface area contributed by atoms with E-state index < -0.39 is 0 Å². The van der Waals surface area contributed by atoms with Gasteiger partial charge in [-0.1, -0.05) is 42.5 Å². The number of carbonyl (C=O) groups is 2. The molecule has 0 spiro atoms. The maximum atomic E-state index is 12.7. The molecule has 0 bridgehead atoms. The number of benzene rings is 2. The predicted molar refractivity (Wildman–Crippen MR) is 117 cm³/mol. The van der Waals surface area contributed by atoms with Crippen LogP contribution < -0.4 is 5.32 Å². The molecule has 3 amide bonds. The van der Waals surface area contributed by atoms with Crippen molar-refractivity contribution in [3.63, 3.8) is 0 Å². The zero-order valence-electron chi connectivity index (χ0n) is 17.2. The van der Waals surface area contributed by atoms with Crippen LogP contribution >= 0.6 is 0 Å². The van der Waals surface area contributed by atoms with Crippen molar-refractivity contribution in [2.24, 2.45) is 0 Å². The number of piperazine rings is 1. The van der Waals surface area contributed by atoms with Crippen molar-refractivity contribution < 1.29 is 14.0 Å². The SMILES string of the molecule is Cc1cc(C(=O)N2CCN(C(=O)Nc3ccc(-c4ccccc4)cc3)CC2)c(C)o1. The lowest BCUT2D eigenvalue weighted by Crippen LogP contribution is -2.51. The molecule has 2 aromatic carbocycles. The van der Waals surface area contributed by atoms with E-state index in [0.29, 0.717) is 37.5 Å². The van der Waals surface area contributed by atoms with Gasteiger partial charge in [-0.05, 0) is 43.2 Å². The van der Waals surface area contributed by atoms with Crippen molar-refractivity contribution >= 4 is 17.6 Å². The molecular formula is C24H25N3O3. The number of hydrogen-bond donors (Lipinski definition) is 1. The maximum Gasteiger partial charge on any atom is 0.321 e.